The molecule has 2 unspecified atom stereocenters. The highest BCUT2D eigenvalue weighted by atomic mass is 16.4. The third-order valence-corrected chi connectivity index (χ3v) is 5.52. The van der Waals surface area contributed by atoms with E-state index in [-0.39, 0.29) is 13.1 Å². The van der Waals surface area contributed by atoms with Crippen LogP contribution in [0.4, 0.5) is 0 Å². The normalized spacial score (nSPS) is 28.8. The van der Waals surface area contributed by atoms with Crippen molar-refractivity contribution in [2.75, 3.05) is 78.5 Å². The van der Waals surface area contributed by atoms with Crippen LogP contribution in [0, 0.1) is 18.3 Å². The van der Waals surface area contributed by atoms with Crippen LogP contribution in [0.3, 0.4) is 0 Å². The second-order valence-electron chi connectivity index (χ2n) is 7.92. The van der Waals surface area contributed by atoms with Crippen molar-refractivity contribution in [3.05, 3.63) is 0 Å². The van der Waals surface area contributed by atoms with Crippen LogP contribution < -0.4 is 0 Å². The molecular formula is C20H34N4O4. The number of terminal acetylenes is 1. The van der Waals surface area contributed by atoms with E-state index in [4.69, 9.17) is 6.42 Å². The lowest BCUT2D eigenvalue weighted by molar-refractivity contribution is -0.139. The van der Waals surface area contributed by atoms with Crippen molar-refractivity contribution in [1.82, 2.24) is 19.6 Å². The molecule has 2 rings (SSSR count). The first kappa shape index (κ1) is 22.6. The van der Waals surface area contributed by atoms with Crippen LogP contribution in [0.15, 0.2) is 0 Å². The Labute approximate surface area is 168 Å². The molecule has 2 aliphatic rings. The van der Waals surface area contributed by atoms with Gasteiger partial charge in [-0.2, -0.15) is 0 Å². The highest BCUT2D eigenvalue weighted by Crippen LogP contribution is 2.13. The van der Waals surface area contributed by atoms with Crippen molar-refractivity contribution in [2.45, 2.75) is 19.3 Å². The molecule has 0 aliphatic carbocycles. The molecule has 0 aromatic rings. The fourth-order valence-corrected chi connectivity index (χ4v) is 4.20. The fraction of sp³-hybridized carbons (Fsp3) is 0.800. The molecule has 2 fully saturated rings. The van der Waals surface area contributed by atoms with Crippen LogP contribution in [-0.2, 0) is 9.59 Å². The van der Waals surface area contributed by atoms with E-state index in [1.807, 2.05) is 9.80 Å². The first-order valence-corrected chi connectivity index (χ1v) is 10.2. The molecule has 0 aromatic carbocycles. The molecular weight excluding hydrogens is 360 g/mol. The lowest BCUT2D eigenvalue weighted by atomic mass is 10.0. The van der Waals surface area contributed by atoms with E-state index in [1.165, 1.54) is 0 Å². The number of hydrogen-bond acceptors (Lipinski definition) is 6. The first-order chi connectivity index (χ1) is 13.5. The predicted octanol–water partition coefficient (Wildman–Crippen LogP) is -0.189. The van der Waals surface area contributed by atoms with Crippen molar-refractivity contribution in [3.8, 4) is 12.3 Å². The topological polar surface area (TPSA) is 87.6 Å². The highest BCUT2D eigenvalue weighted by molar-refractivity contribution is 5.69. The van der Waals surface area contributed by atoms with Crippen molar-refractivity contribution in [3.63, 3.8) is 0 Å². The molecule has 0 amide bonds. The summed E-state index contributed by atoms with van der Waals surface area (Å²) in [6.07, 6.45) is 8.14. The Morgan fingerprint density at radius 2 is 1.25 bits per heavy atom. The average molecular weight is 395 g/mol. The molecule has 2 atom stereocenters. The van der Waals surface area contributed by atoms with Gasteiger partial charge in [0, 0.05) is 58.8 Å². The summed E-state index contributed by atoms with van der Waals surface area (Å²) in [6.45, 7) is 8.31. The smallest absolute Gasteiger partial charge is 0.317 e. The second-order valence-corrected chi connectivity index (χ2v) is 7.92. The van der Waals surface area contributed by atoms with Gasteiger partial charge in [-0.25, -0.2) is 0 Å². The Morgan fingerprint density at radius 3 is 1.64 bits per heavy atom. The fourth-order valence-electron chi connectivity index (χ4n) is 4.20. The summed E-state index contributed by atoms with van der Waals surface area (Å²) in [4.78, 5) is 31.2. The van der Waals surface area contributed by atoms with Crippen LogP contribution in [0.1, 0.15) is 19.3 Å². The third kappa shape index (κ3) is 8.57. The molecule has 0 aromatic heterocycles. The molecule has 0 spiro atoms. The summed E-state index contributed by atoms with van der Waals surface area (Å²) in [5, 5.41) is 18.4. The first-order valence-electron chi connectivity index (χ1n) is 10.2. The molecule has 2 saturated heterocycles. The van der Waals surface area contributed by atoms with Gasteiger partial charge in [-0.15, -0.1) is 12.3 Å². The van der Waals surface area contributed by atoms with Gasteiger partial charge in [0.05, 0.1) is 13.1 Å². The summed E-state index contributed by atoms with van der Waals surface area (Å²) in [5.74, 6) is 1.63. The lowest BCUT2D eigenvalue weighted by Gasteiger charge is -2.30. The summed E-state index contributed by atoms with van der Waals surface area (Å²) >= 11 is 0. The van der Waals surface area contributed by atoms with Crippen molar-refractivity contribution < 1.29 is 19.8 Å². The molecule has 2 heterocycles. The van der Waals surface area contributed by atoms with Gasteiger partial charge in [-0.05, 0) is 31.8 Å². The van der Waals surface area contributed by atoms with Gasteiger partial charge in [0.1, 0.15) is 0 Å². The molecule has 8 heteroatoms. The molecule has 2 bridgehead atoms. The quantitative estimate of drug-likeness (QED) is 0.621. The van der Waals surface area contributed by atoms with E-state index in [2.05, 4.69) is 15.7 Å². The number of rotatable bonds is 5. The van der Waals surface area contributed by atoms with Crippen molar-refractivity contribution in [2.24, 2.45) is 5.92 Å². The van der Waals surface area contributed by atoms with E-state index in [1.54, 1.807) is 0 Å². The van der Waals surface area contributed by atoms with Crippen LogP contribution in [0.25, 0.3) is 0 Å². The van der Waals surface area contributed by atoms with Crippen LogP contribution in [0.2, 0.25) is 0 Å². The molecule has 0 radical (unpaired) electrons. The summed E-state index contributed by atoms with van der Waals surface area (Å²) < 4.78 is 0. The molecule has 8 nitrogen and oxygen atoms in total. The standard InChI is InChI=1S/C20H34N4O4/c1-2-5-18-14-21-6-3-8-23(16-19(25)26)12-11-22(15-18)7-4-9-24(13-10-21)17-20(27)28/h1,18H,3-17H2,(H,25,26)(H,27,28). The third-order valence-electron chi connectivity index (χ3n) is 5.52. The number of carboxylic acid groups (broad SMARTS) is 2. The molecule has 2 aliphatic heterocycles. The van der Waals surface area contributed by atoms with Gasteiger partial charge in [-0.1, -0.05) is 0 Å². The maximum Gasteiger partial charge on any atom is 0.317 e. The minimum atomic E-state index is -0.783. The lowest BCUT2D eigenvalue weighted by Crippen LogP contribution is -2.41. The predicted molar refractivity (Wildman–Crippen MR) is 107 cm³/mol. The number of carbonyl (C=O) groups is 2. The van der Waals surface area contributed by atoms with E-state index < -0.39 is 11.9 Å². The monoisotopic (exact) mass is 394 g/mol. The highest BCUT2D eigenvalue weighted by Gasteiger charge is 2.23. The Kier molecular flexibility index (Phi) is 9.71. The molecule has 0 saturated carbocycles. The van der Waals surface area contributed by atoms with E-state index in [9.17, 15) is 19.8 Å². The Bertz CT molecular complexity index is 511. The molecule has 158 valence electrons. The second kappa shape index (κ2) is 12.0. The number of aliphatic carboxylic acids is 2. The maximum atomic E-state index is 11.2. The van der Waals surface area contributed by atoms with E-state index in [0.717, 1.165) is 84.7 Å². The Hall–Kier alpha value is -1.66. The Morgan fingerprint density at radius 1 is 0.786 bits per heavy atom. The minimum absolute atomic E-state index is 0.0774. The van der Waals surface area contributed by atoms with Crippen LogP contribution in [0.5, 0.6) is 0 Å². The maximum absolute atomic E-state index is 11.2. The SMILES string of the molecule is C#CCC1CN2CCCN(CC(=O)O)CCN(CCCN(CC(=O)O)CC2)C1. The number of hydrogen-bond donors (Lipinski definition) is 2. The summed E-state index contributed by atoms with van der Waals surface area (Å²) in [5.41, 5.74) is 0. The van der Waals surface area contributed by atoms with Crippen molar-refractivity contribution >= 4 is 11.9 Å². The number of fused-ring (bicyclic) bond motifs is 4. The van der Waals surface area contributed by atoms with Gasteiger partial charge in [0.2, 0.25) is 0 Å². The van der Waals surface area contributed by atoms with Gasteiger partial charge in [0.15, 0.2) is 0 Å². The van der Waals surface area contributed by atoms with E-state index >= 15 is 0 Å². The minimum Gasteiger partial charge on any atom is -0.480 e. The zero-order valence-electron chi connectivity index (χ0n) is 16.8. The van der Waals surface area contributed by atoms with Gasteiger partial charge in [0.25, 0.3) is 0 Å². The average Bonchev–Trinajstić information content (AvgIpc) is 2.66. The zero-order chi connectivity index (χ0) is 20.4. The Balaban J connectivity index is 2.15. The summed E-state index contributed by atoms with van der Waals surface area (Å²) in [7, 11) is 0. The van der Waals surface area contributed by atoms with Gasteiger partial charge in [-0.3, -0.25) is 19.4 Å². The summed E-state index contributed by atoms with van der Waals surface area (Å²) in [6, 6.07) is 0. The largest absolute Gasteiger partial charge is 0.480 e. The number of carboxylic acids is 2. The molecule has 28 heavy (non-hydrogen) atoms. The van der Waals surface area contributed by atoms with E-state index in [0.29, 0.717) is 5.92 Å². The zero-order valence-corrected chi connectivity index (χ0v) is 16.8. The van der Waals surface area contributed by atoms with Gasteiger partial charge >= 0.3 is 11.9 Å². The van der Waals surface area contributed by atoms with Crippen LogP contribution >= 0.6 is 0 Å². The van der Waals surface area contributed by atoms with Crippen molar-refractivity contribution in [1.29, 1.82) is 0 Å². The number of nitrogens with zero attached hydrogens (tertiary/aromatic N) is 4. The van der Waals surface area contributed by atoms with Gasteiger partial charge < -0.3 is 20.0 Å². The molecule has 2 N–H and O–H groups in total. The van der Waals surface area contributed by atoms with Crippen LogP contribution in [-0.4, -0.2) is 120 Å².